The van der Waals surface area contributed by atoms with E-state index < -0.39 is 0 Å². The van der Waals surface area contributed by atoms with E-state index in [9.17, 15) is 5.26 Å². The number of thioether (sulfide) groups is 1. The molecule has 2 nitrogen and oxygen atoms in total. The van der Waals surface area contributed by atoms with Gasteiger partial charge in [-0.25, -0.2) is 0 Å². The molecule has 0 fully saturated rings. The van der Waals surface area contributed by atoms with Crippen LogP contribution in [-0.2, 0) is 18.9 Å². The number of nitrogens with zero attached hydrogens (tertiary/aromatic N) is 2. The average Bonchev–Trinajstić information content (AvgIpc) is 2.79. The minimum Gasteiger partial charge on any atom is -0.200 e. The van der Waals surface area contributed by atoms with Crippen molar-refractivity contribution in [3.8, 4) is 27.8 Å². The molecule has 0 unspecified atom stereocenters. The van der Waals surface area contributed by atoms with Crippen LogP contribution in [0.5, 0.6) is 0 Å². The standard InChI is InChI=1S/C33H37N2S/c1-22-25-11-9-10-12-26(25)29(33(5,6)7)17-27(22)30-18-28(31(36-21-34)20-35(30)8)24-15-13-23(14-16-24)19-32(2,3)4/h9-18,20H,19H2,1-8H3/q+1. The summed E-state index contributed by atoms with van der Waals surface area (Å²) < 4.78 is 2.17. The third-order valence-corrected chi connectivity index (χ3v) is 7.43. The number of thiocyanates is 1. The Balaban J connectivity index is 1.93. The molecule has 0 aliphatic carbocycles. The molecule has 0 aliphatic heterocycles. The molecule has 3 aromatic carbocycles. The lowest BCUT2D eigenvalue weighted by molar-refractivity contribution is -0.662. The molecule has 0 saturated heterocycles. The normalized spacial score (nSPS) is 12.1. The fourth-order valence-corrected chi connectivity index (χ4v) is 5.67. The quantitative estimate of drug-likeness (QED) is 0.161. The molecule has 1 aromatic heterocycles. The first-order chi connectivity index (χ1) is 16.9. The fraction of sp³-hybridized carbons (Fsp3) is 0.333. The van der Waals surface area contributed by atoms with Gasteiger partial charge in [-0.05, 0) is 75.0 Å². The highest BCUT2D eigenvalue weighted by atomic mass is 32.2. The Labute approximate surface area is 221 Å². The van der Waals surface area contributed by atoms with Crippen LogP contribution in [0.25, 0.3) is 33.2 Å². The number of aromatic nitrogens is 1. The van der Waals surface area contributed by atoms with Crippen LogP contribution in [0.15, 0.2) is 71.8 Å². The summed E-state index contributed by atoms with van der Waals surface area (Å²) in [6.07, 6.45) is 3.14. The maximum Gasteiger partial charge on any atom is 0.213 e. The van der Waals surface area contributed by atoms with Crippen molar-refractivity contribution >= 4 is 22.5 Å². The summed E-state index contributed by atoms with van der Waals surface area (Å²) in [5.74, 6) is 0. The van der Waals surface area contributed by atoms with Crippen LogP contribution in [-0.4, -0.2) is 0 Å². The number of nitriles is 1. The third-order valence-electron chi connectivity index (χ3n) is 6.79. The molecule has 0 amide bonds. The highest BCUT2D eigenvalue weighted by molar-refractivity contribution is 8.03. The van der Waals surface area contributed by atoms with Gasteiger partial charge in [0, 0.05) is 17.2 Å². The molecule has 0 radical (unpaired) electrons. The summed E-state index contributed by atoms with van der Waals surface area (Å²) in [4.78, 5) is 0.974. The van der Waals surface area contributed by atoms with Crippen molar-refractivity contribution in [2.45, 2.75) is 65.2 Å². The Morgan fingerprint density at radius 3 is 2.08 bits per heavy atom. The molecule has 3 heteroatoms. The molecule has 0 saturated carbocycles. The third kappa shape index (κ3) is 5.35. The molecule has 1 heterocycles. The second-order valence-corrected chi connectivity index (χ2v) is 12.9. The van der Waals surface area contributed by atoms with Gasteiger partial charge in [0.15, 0.2) is 6.20 Å². The number of hydrogen-bond acceptors (Lipinski definition) is 2. The van der Waals surface area contributed by atoms with Gasteiger partial charge in [-0.2, -0.15) is 9.83 Å². The van der Waals surface area contributed by atoms with Crippen LogP contribution >= 0.6 is 11.8 Å². The van der Waals surface area contributed by atoms with E-state index in [1.807, 2.05) is 0 Å². The second kappa shape index (κ2) is 9.75. The Bertz CT molecular complexity index is 1460. The Kier molecular flexibility index (Phi) is 7.04. The van der Waals surface area contributed by atoms with E-state index in [0.29, 0.717) is 0 Å². The maximum absolute atomic E-state index is 9.53. The first kappa shape index (κ1) is 26.0. The minimum absolute atomic E-state index is 0.0168. The second-order valence-electron chi connectivity index (χ2n) is 12.1. The summed E-state index contributed by atoms with van der Waals surface area (Å²) in [5.41, 5.74) is 8.85. The lowest BCUT2D eigenvalue weighted by Gasteiger charge is -2.24. The van der Waals surface area contributed by atoms with Gasteiger partial charge in [-0.3, -0.25) is 0 Å². The first-order valence-electron chi connectivity index (χ1n) is 12.6. The molecular formula is C33H37N2S+. The van der Waals surface area contributed by atoms with Crippen molar-refractivity contribution in [1.82, 2.24) is 0 Å². The Morgan fingerprint density at radius 2 is 1.50 bits per heavy atom. The molecule has 0 aliphatic rings. The van der Waals surface area contributed by atoms with E-state index in [2.05, 4.69) is 132 Å². The van der Waals surface area contributed by atoms with Crippen molar-refractivity contribution < 1.29 is 4.57 Å². The summed E-state index contributed by atoms with van der Waals surface area (Å²) >= 11 is 1.23. The molecule has 0 N–H and O–H groups in total. The Hall–Kier alpha value is -3.09. The van der Waals surface area contributed by atoms with Gasteiger partial charge >= 0.3 is 0 Å². The molecule has 4 rings (SSSR count). The van der Waals surface area contributed by atoms with Crippen LogP contribution in [0.4, 0.5) is 0 Å². The van der Waals surface area contributed by atoms with Crippen molar-refractivity contribution in [2.75, 3.05) is 0 Å². The zero-order valence-electron chi connectivity index (χ0n) is 22.9. The van der Waals surface area contributed by atoms with Crippen molar-refractivity contribution in [3.63, 3.8) is 0 Å². The summed E-state index contributed by atoms with van der Waals surface area (Å²) in [7, 11) is 2.08. The fourth-order valence-electron chi connectivity index (χ4n) is 5.07. The van der Waals surface area contributed by atoms with Crippen LogP contribution in [0.2, 0.25) is 0 Å². The highest BCUT2D eigenvalue weighted by Gasteiger charge is 2.25. The van der Waals surface area contributed by atoms with Gasteiger partial charge in [0.25, 0.3) is 0 Å². The van der Waals surface area contributed by atoms with E-state index in [1.165, 1.54) is 44.8 Å². The van der Waals surface area contributed by atoms with Crippen molar-refractivity contribution in [1.29, 1.82) is 5.26 Å². The SMILES string of the molecule is Cc1c(-c2cc(-c3ccc(CC(C)(C)C)cc3)c(SC#N)c[n+]2C)cc(C(C)(C)C)c2ccccc12. The summed E-state index contributed by atoms with van der Waals surface area (Å²) in [6, 6.07) is 22.2. The van der Waals surface area contributed by atoms with Gasteiger partial charge in [0.05, 0.1) is 4.90 Å². The topological polar surface area (TPSA) is 27.7 Å². The Morgan fingerprint density at radius 1 is 0.861 bits per heavy atom. The molecule has 4 aromatic rings. The van der Waals surface area contributed by atoms with Gasteiger partial charge in [-0.15, -0.1) is 0 Å². The summed E-state index contributed by atoms with van der Waals surface area (Å²) in [5, 5.41) is 14.4. The van der Waals surface area contributed by atoms with E-state index in [-0.39, 0.29) is 10.8 Å². The van der Waals surface area contributed by atoms with Gasteiger partial charge in [0.2, 0.25) is 5.69 Å². The van der Waals surface area contributed by atoms with E-state index in [0.717, 1.165) is 28.1 Å². The highest BCUT2D eigenvalue weighted by Crippen LogP contribution is 2.39. The number of fused-ring (bicyclic) bond motifs is 1. The monoisotopic (exact) mass is 493 g/mol. The molecule has 184 valence electrons. The smallest absolute Gasteiger partial charge is 0.200 e. The van der Waals surface area contributed by atoms with E-state index in [1.54, 1.807) is 0 Å². The first-order valence-corrected chi connectivity index (χ1v) is 13.4. The van der Waals surface area contributed by atoms with Crippen LogP contribution in [0.3, 0.4) is 0 Å². The maximum atomic E-state index is 9.53. The van der Waals surface area contributed by atoms with E-state index in [4.69, 9.17) is 0 Å². The van der Waals surface area contributed by atoms with Crippen LogP contribution in [0.1, 0.15) is 58.2 Å². The predicted octanol–water partition coefficient (Wildman–Crippen LogP) is 8.77. The van der Waals surface area contributed by atoms with Crippen molar-refractivity contribution in [3.05, 3.63) is 83.6 Å². The number of hydrogen-bond donors (Lipinski definition) is 0. The summed E-state index contributed by atoms with van der Waals surface area (Å²) in [6.45, 7) is 15.9. The number of aryl methyl sites for hydroxylation is 2. The largest absolute Gasteiger partial charge is 0.213 e. The zero-order valence-corrected chi connectivity index (χ0v) is 23.7. The predicted molar refractivity (Wildman–Crippen MR) is 154 cm³/mol. The lowest BCUT2D eigenvalue weighted by Crippen LogP contribution is -2.31. The molecule has 36 heavy (non-hydrogen) atoms. The minimum atomic E-state index is 0.0168. The average molecular weight is 494 g/mol. The van der Waals surface area contributed by atoms with Gasteiger partial charge < -0.3 is 0 Å². The van der Waals surface area contributed by atoms with Crippen LogP contribution in [0, 0.1) is 23.0 Å². The molecule has 0 atom stereocenters. The van der Waals surface area contributed by atoms with Gasteiger partial charge in [-0.1, -0.05) is 90.1 Å². The molecule has 0 bridgehead atoms. The van der Waals surface area contributed by atoms with E-state index >= 15 is 0 Å². The molecule has 0 spiro atoms. The van der Waals surface area contributed by atoms with Crippen molar-refractivity contribution in [2.24, 2.45) is 12.5 Å². The number of pyridine rings is 1. The number of benzene rings is 3. The van der Waals surface area contributed by atoms with Crippen LogP contribution < -0.4 is 4.57 Å². The zero-order chi connectivity index (χ0) is 26.3. The lowest BCUT2D eigenvalue weighted by atomic mass is 9.80. The molecular weight excluding hydrogens is 456 g/mol. The number of rotatable bonds is 4. The van der Waals surface area contributed by atoms with Gasteiger partial charge in [0.1, 0.15) is 12.4 Å².